The van der Waals surface area contributed by atoms with Crippen molar-refractivity contribution in [2.75, 3.05) is 50.5 Å². The van der Waals surface area contributed by atoms with E-state index in [1.54, 1.807) is 11.8 Å². The highest BCUT2D eigenvalue weighted by atomic mass is 19.4. The number of nitrogens with zero attached hydrogens (tertiary/aromatic N) is 8. The van der Waals surface area contributed by atoms with E-state index in [-0.39, 0.29) is 58.8 Å². The van der Waals surface area contributed by atoms with Gasteiger partial charge in [0.05, 0.1) is 22.5 Å². The van der Waals surface area contributed by atoms with Crippen molar-refractivity contribution in [3.05, 3.63) is 51.9 Å². The number of alkyl halides is 3. The Bertz CT molecular complexity index is 1780. The van der Waals surface area contributed by atoms with Crippen LogP contribution in [0.15, 0.2) is 16.7 Å². The molecule has 3 aliphatic heterocycles. The van der Waals surface area contributed by atoms with Crippen LogP contribution in [0.1, 0.15) is 84.7 Å². The fraction of sp³-hybridized carbons (Fsp3) is 0.600. The zero-order valence-corrected chi connectivity index (χ0v) is 29.0. The average molecular weight is 696 g/mol. The van der Waals surface area contributed by atoms with Crippen LogP contribution in [0.3, 0.4) is 0 Å². The standard InChI is InChI=1S/C35H44F3N9O3/c1-20-15-25-26(17-24(20)31-30(35(36,37)38)21(2)16-27(39)42-31)41-33(49-19-34-10-5-12-47(34)13-6-11-34)43-32(25)45(4)23-9-14-46(18-23)29(48)8-7-28-40-22(3)44-50-28/h7-8,16,20,23-24H,5-6,9-15,17-19H2,1-4H3,(H2,39,42)/b8-7+/t20?,23-,24+/m1/s1. The maximum Gasteiger partial charge on any atom is 0.418 e. The SMILES string of the molecule is Cc1noc(/C=C/C(=O)N2CC[C@@H](N(C)c3nc(OCC45CCCN4CCC5)nc4c3CC(C)[C@@H](c3nc(N)cc(C)c3C(F)(F)F)C4)C2)n1. The maximum absolute atomic E-state index is 14.4. The zero-order chi connectivity index (χ0) is 35.4. The number of pyridine rings is 1. The molecule has 6 heterocycles. The van der Waals surface area contributed by atoms with Crippen LogP contribution in [-0.4, -0.2) is 92.2 Å². The topological polar surface area (TPSA) is 140 Å². The van der Waals surface area contributed by atoms with Crippen molar-refractivity contribution in [3.63, 3.8) is 0 Å². The Morgan fingerprint density at radius 3 is 2.60 bits per heavy atom. The number of hydrogen-bond donors (Lipinski definition) is 1. The van der Waals surface area contributed by atoms with Gasteiger partial charge in [0.25, 0.3) is 5.89 Å². The van der Waals surface area contributed by atoms with Crippen LogP contribution in [-0.2, 0) is 23.8 Å². The summed E-state index contributed by atoms with van der Waals surface area (Å²) in [6.07, 6.45) is 4.12. The number of anilines is 2. The van der Waals surface area contributed by atoms with Gasteiger partial charge in [0, 0.05) is 49.8 Å². The van der Waals surface area contributed by atoms with E-state index < -0.39 is 17.7 Å². The van der Waals surface area contributed by atoms with Crippen molar-refractivity contribution in [3.8, 4) is 6.01 Å². The number of hydrogen-bond acceptors (Lipinski definition) is 11. The van der Waals surface area contributed by atoms with Gasteiger partial charge in [0.1, 0.15) is 18.2 Å². The molecule has 1 unspecified atom stereocenters. The Morgan fingerprint density at radius 1 is 1.14 bits per heavy atom. The zero-order valence-electron chi connectivity index (χ0n) is 29.0. The smallest absolute Gasteiger partial charge is 0.418 e. The number of aromatic nitrogens is 5. The molecule has 3 aromatic rings. The lowest BCUT2D eigenvalue weighted by atomic mass is 9.75. The molecular formula is C35H44F3N9O3. The molecule has 0 radical (unpaired) electrons. The highest BCUT2D eigenvalue weighted by molar-refractivity contribution is 5.91. The fourth-order valence-electron chi connectivity index (χ4n) is 8.55. The quantitative estimate of drug-likeness (QED) is 0.327. The monoisotopic (exact) mass is 695 g/mol. The molecule has 0 spiro atoms. The van der Waals surface area contributed by atoms with E-state index >= 15 is 0 Å². The summed E-state index contributed by atoms with van der Waals surface area (Å²) >= 11 is 0. The Balaban J connectivity index is 1.19. The molecule has 0 bridgehead atoms. The van der Waals surface area contributed by atoms with Crippen molar-refractivity contribution in [2.45, 2.75) is 89.4 Å². The molecular weight excluding hydrogens is 651 g/mol. The largest absolute Gasteiger partial charge is 0.461 e. The molecule has 3 aromatic heterocycles. The Kier molecular flexibility index (Phi) is 8.97. The lowest BCUT2D eigenvalue weighted by molar-refractivity contribution is -0.139. The van der Waals surface area contributed by atoms with Gasteiger partial charge < -0.3 is 24.8 Å². The molecule has 0 aromatic carbocycles. The number of rotatable bonds is 8. The number of fused-ring (bicyclic) bond motifs is 2. The molecule has 1 amide bonds. The molecule has 268 valence electrons. The molecule has 3 saturated heterocycles. The predicted molar refractivity (Wildman–Crippen MR) is 179 cm³/mol. The summed E-state index contributed by atoms with van der Waals surface area (Å²) in [5, 5.41) is 3.75. The van der Waals surface area contributed by atoms with Crippen molar-refractivity contribution in [1.29, 1.82) is 0 Å². The van der Waals surface area contributed by atoms with Crippen LogP contribution in [0.5, 0.6) is 6.01 Å². The van der Waals surface area contributed by atoms with Gasteiger partial charge >= 0.3 is 12.2 Å². The van der Waals surface area contributed by atoms with Gasteiger partial charge in [-0.25, -0.2) is 4.98 Å². The van der Waals surface area contributed by atoms with Crippen LogP contribution < -0.4 is 15.4 Å². The second-order valence-corrected chi connectivity index (χ2v) is 14.4. The lowest BCUT2D eigenvalue weighted by Gasteiger charge is -2.36. The van der Waals surface area contributed by atoms with Gasteiger partial charge in [-0.3, -0.25) is 9.69 Å². The normalized spacial score (nSPS) is 23.4. The minimum atomic E-state index is -4.58. The second kappa shape index (κ2) is 13.1. The fourth-order valence-corrected chi connectivity index (χ4v) is 8.55. The Hall–Kier alpha value is -4.27. The molecule has 2 N–H and O–H groups in total. The van der Waals surface area contributed by atoms with Crippen LogP contribution in [0.25, 0.3) is 6.08 Å². The number of aryl methyl sites for hydroxylation is 2. The van der Waals surface area contributed by atoms with Crippen molar-refractivity contribution >= 4 is 23.6 Å². The first-order valence-corrected chi connectivity index (χ1v) is 17.4. The second-order valence-electron chi connectivity index (χ2n) is 14.4. The maximum atomic E-state index is 14.4. The highest BCUT2D eigenvalue weighted by Crippen LogP contribution is 2.45. The molecule has 3 fully saturated rings. The lowest BCUT2D eigenvalue weighted by Crippen LogP contribution is -2.43. The van der Waals surface area contributed by atoms with E-state index in [1.165, 1.54) is 25.1 Å². The number of nitrogens with two attached hydrogens (primary N) is 1. The summed E-state index contributed by atoms with van der Waals surface area (Å²) in [5.74, 6) is 0.575. The van der Waals surface area contributed by atoms with E-state index in [9.17, 15) is 18.0 Å². The van der Waals surface area contributed by atoms with Crippen molar-refractivity contribution in [1.82, 2.24) is 34.9 Å². The van der Waals surface area contributed by atoms with Gasteiger partial charge in [-0.05, 0) is 89.4 Å². The number of carbonyl (C=O) groups excluding carboxylic acids is 1. The first kappa shape index (κ1) is 34.2. The first-order valence-electron chi connectivity index (χ1n) is 17.4. The van der Waals surface area contributed by atoms with E-state index in [0.717, 1.165) is 44.3 Å². The summed E-state index contributed by atoms with van der Waals surface area (Å²) in [5.41, 5.74) is 6.83. The number of carbonyl (C=O) groups is 1. The molecule has 0 saturated carbocycles. The van der Waals surface area contributed by atoms with Crippen LogP contribution in [0.4, 0.5) is 24.8 Å². The minimum Gasteiger partial charge on any atom is -0.461 e. The summed E-state index contributed by atoms with van der Waals surface area (Å²) in [7, 11) is 1.96. The van der Waals surface area contributed by atoms with Crippen molar-refractivity contribution < 1.29 is 27.2 Å². The van der Waals surface area contributed by atoms with Crippen LogP contribution >= 0.6 is 0 Å². The average Bonchev–Trinajstić information content (AvgIpc) is 3.86. The molecule has 15 heteroatoms. The van der Waals surface area contributed by atoms with Crippen molar-refractivity contribution in [2.24, 2.45) is 5.92 Å². The predicted octanol–water partition coefficient (Wildman–Crippen LogP) is 4.75. The summed E-state index contributed by atoms with van der Waals surface area (Å²) in [4.78, 5) is 37.7. The molecule has 3 atom stereocenters. The molecule has 12 nitrogen and oxygen atoms in total. The highest BCUT2D eigenvalue weighted by Gasteiger charge is 2.46. The molecule has 1 aliphatic carbocycles. The summed E-state index contributed by atoms with van der Waals surface area (Å²) < 4.78 is 54.8. The Morgan fingerprint density at radius 2 is 1.90 bits per heavy atom. The van der Waals surface area contributed by atoms with E-state index in [4.69, 9.17) is 25.0 Å². The number of halogens is 3. The Labute approximate surface area is 289 Å². The number of ether oxygens (including phenoxy) is 1. The molecule has 4 aliphatic rings. The van der Waals surface area contributed by atoms with Gasteiger partial charge in [0.15, 0.2) is 5.82 Å². The van der Waals surface area contributed by atoms with Crippen LogP contribution in [0.2, 0.25) is 0 Å². The van der Waals surface area contributed by atoms with Crippen LogP contribution in [0, 0.1) is 19.8 Å². The van der Waals surface area contributed by atoms with E-state index in [1.807, 2.05) is 14.0 Å². The van der Waals surface area contributed by atoms with Gasteiger partial charge in [-0.15, -0.1) is 0 Å². The van der Waals surface area contributed by atoms with E-state index in [0.29, 0.717) is 49.9 Å². The number of likely N-dealkylation sites (N-methyl/N-ethyl adjacent to an activating group) is 1. The van der Waals surface area contributed by atoms with Gasteiger partial charge in [-0.2, -0.15) is 28.1 Å². The van der Waals surface area contributed by atoms with Gasteiger partial charge in [-0.1, -0.05) is 12.1 Å². The molecule has 7 rings (SSSR count). The summed E-state index contributed by atoms with van der Waals surface area (Å²) in [6.45, 7) is 8.67. The number of amides is 1. The third-order valence-corrected chi connectivity index (χ3v) is 11.1. The minimum absolute atomic E-state index is 0.0350. The third kappa shape index (κ3) is 6.51. The first-order chi connectivity index (χ1) is 23.8. The number of nitrogen functional groups attached to an aromatic ring is 1. The van der Waals surface area contributed by atoms with Gasteiger partial charge in [0.2, 0.25) is 5.91 Å². The molecule has 50 heavy (non-hydrogen) atoms. The third-order valence-electron chi connectivity index (χ3n) is 11.1. The van der Waals surface area contributed by atoms with E-state index in [2.05, 4.69) is 24.9 Å². The summed E-state index contributed by atoms with van der Waals surface area (Å²) in [6, 6.07) is 1.46. The number of likely N-dealkylation sites (tertiary alicyclic amines) is 1.